The fourth-order valence-corrected chi connectivity index (χ4v) is 8.98. The third-order valence-electron chi connectivity index (χ3n) is 10.8. The zero-order valence-corrected chi connectivity index (χ0v) is 20.1. The van der Waals surface area contributed by atoms with Crippen molar-refractivity contribution >= 4 is 11.9 Å². The van der Waals surface area contributed by atoms with Crippen molar-refractivity contribution in [2.75, 3.05) is 6.54 Å². The number of carboxylic acid groups (broad SMARTS) is 1. The van der Waals surface area contributed by atoms with Crippen molar-refractivity contribution in [1.29, 1.82) is 0 Å². The molecule has 4 aliphatic carbocycles. The van der Waals surface area contributed by atoms with Crippen LogP contribution < -0.4 is 5.32 Å². The predicted molar refractivity (Wildman–Crippen MR) is 122 cm³/mol. The second kappa shape index (κ2) is 8.90. The molecule has 182 valence electrons. The first-order chi connectivity index (χ1) is 15.1. The number of hydrogen-bond donors (Lipinski definition) is 4. The lowest BCUT2D eigenvalue weighted by atomic mass is 9.43. The summed E-state index contributed by atoms with van der Waals surface area (Å²) in [6.45, 7) is 6.65. The molecule has 0 aromatic carbocycles. The minimum absolute atomic E-state index is 0.102. The van der Waals surface area contributed by atoms with Crippen molar-refractivity contribution in [3.63, 3.8) is 0 Å². The molecule has 6 nitrogen and oxygen atoms in total. The molecule has 10 atom stereocenters. The Morgan fingerprint density at radius 2 is 1.78 bits per heavy atom. The Labute approximate surface area is 192 Å². The van der Waals surface area contributed by atoms with Crippen molar-refractivity contribution in [1.82, 2.24) is 5.32 Å². The SMILES string of the molecule is CC(CCC(=O)NCC(=O)O)C1CCC2C3CCC4C[C@H](O)CCC4(C)C3C[C@H](O)C12C. The number of fused-ring (bicyclic) bond motifs is 5. The van der Waals surface area contributed by atoms with Gasteiger partial charge in [0.25, 0.3) is 0 Å². The van der Waals surface area contributed by atoms with Gasteiger partial charge in [0, 0.05) is 6.42 Å². The van der Waals surface area contributed by atoms with E-state index >= 15 is 0 Å². The van der Waals surface area contributed by atoms with Gasteiger partial charge in [-0.3, -0.25) is 9.59 Å². The Bertz CT molecular complexity index is 727. The van der Waals surface area contributed by atoms with Crippen LogP contribution in [0.2, 0.25) is 0 Å². The summed E-state index contributed by atoms with van der Waals surface area (Å²) in [4.78, 5) is 22.7. The van der Waals surface area contributed by atoms with Gasteiger partial charge in [-0.15, -0.1) is 0 Å². The van der Waals surface area contributed by atoms with Crippen molar-refractivity contribution in [3.8, 4) is 0 Å². The molecule has 4 fully saturated rings. The van der Waals surface area contributed by atoms with Gasteiger partial charge in [0.05, 0.1) is 12.2 Å². The van der Waals surface area contributed by atoms with Crippen LogP contribution in [0.5, 0.6) is 0 Å². The summed E-state index contributed by atoms with van der Waals surface area (Å²) in [5.41, 5.74) is 0.145. The zero-order chi connectivity index (χ0) is 23.3. The maximum Gasteiger partial charge on any atom is 0.322 e. The number of aliphatic hydroxyl groups is 2. The molecule has 0 aromatic rings. The summed E-state index contributed by atoms with van der Waals surface area (Å²) in [5.74, 6) is 1.84. The maximum absolute atomic E-state index is 12.0. The van der Waals surface area contributed by atoms with Crippen molar-refractivity contribution in [3.05, 3.63) is 0 Å². The highest BCUT2D eigenvalue weighted by atomic mass is 16.4. The molecule has 4 rings (SSSR count). The minimum Gasteiger partial charge on any atom is -0.480 e. The first kappa shape index (κ1) is 24.0. The van der Waals surface area contributed by atoms with Crippen LogP contribution in [0.4, 0.5) is 0 Å². The lowest BCUT2D eigenvalue weighted by Gasteiger charge is -2.62. The van der Waals surface area contributed by atoms with Gasteiger partial charge in [-0.1, -0.05) is 20.8 Å². The van der Waals surface area contributed by atoms with E-state index in [2.05, 4.69) is 26.1 Å². The number of hydrogen-bond acceptors (Lipinski definition) is 4. The van der Waals surface area contributed by atoms with E-state index in [1.807, 2.05) is 0 Å². The number of carboxylic acids is 1. The molecular formula is C26H43NO5. The molecule has 4 N–H and O–H groups in total. The molecule has 8 unspecified atom stereocenters. The Balaban J connectivity index is 1.45. The molecule has 6 heteroatoms. The molecule has 0 spiro atoms. The van der Waals surface area contributed by atoms with E-state index in [-0.39, 0.29) is 35.5 Å². The molecule has 4 saturated carbocycles. The summed E-state index contributed by atoms with van der Waals surface area (Å²) in [6, 6.07) is 0. The maximum atomic E-state index is 12.0. The number of aliphatic carboxylic acids is 1. The normalized spacial score (nSPS) is 46.5. The monoisotopic (exact) mass is 449 g/mol. The number of carbonyl (C=O) groups is 2. The highest BCUT2D eigenvalue weighted by molar-refractivity contribution is 5.81. The molecule has 0 saturated heterocycles. The highest BCUT2D eigenvalue weighted by Gasteiger charge is 2.63. The first-order valence-electron chi connectivity index (χ1n) is 12.9. The second-order valence-electron chi connectivity index (χ2n) is 12.1. The van der Waals surface area contributed by atoms with Gasteiger partial charge < -0.3 is 20.6 Å². The van der Waals surface area contributed by atoms with Gasteiger partial charge in [0.15, 0.2) is 0 Å². The quantitative estimate of drug-likeness (QED) is 0.496. The lowest BCUT2D eigenvalue weighted by molar-refractivity contribution is -0.175. The molecule has 0 aliphatic heterocycles. The number of nitrogens with one attached hydrogen (secondary N) is 1. The summed E-state index contributed by atoms with van der Waals surface area (Å²) >= 11 is 0. The molecule has 4 aliphatic rings. The third-order valence-corrected chi connectivity index (χ3v) is 10.8. The topological polar surface area (TPSA) is 107 Å². The fraction of sp³-hybridized carbons (Fsp3) is 0.923. The smallest absolute Gasteiger partial charge is 0.322 e. The van der Waals surface area contributed by atoms with Gasteiger partial charge in [-0.25, -0.2) is 0 Å². The Kier molecular flexibility index (Phi) is 6.68. The summed E-state index contributed by atoms with van der Waals surface area (Å²) in [5, 5.41) is 33.0. The Hall–Kier alpha value is -1.14. The molecule has 0 radical (unpaired) electrons. The van der Waals surface area contributed by atoms with Crippen LogP contribution in [0, 0.1) is 46.3 Å². The number of amides is 1. The van der Waals surface area contributed by atoms with E-state index in [4.69, 9.17) is 5.11 Å². The first-order valence-corrected chi connectivity index (χ1v) is 12.9. The third kappa shape index (κ3) is 4.00. The van der Waals surface area contributed by atoms with Crippen molar-refractivity contribution in [2.24, 2.45) is 46.3 Å². The average Bonchev–Trinajstić information content (AvgIpc) is 3.10. The van der Waals surface area contributed by atoms with Crippen molar-refractivity contribution < 1.29 is 24.9 Å². The van der Waals surface area contributed by atoms with Gasteiger partial charge in [0.1, 0.15) is 6.54 Å². The highest BCUT2D eigenvalue weighted by Crippen LogP contribution is 2.68. The van der Waals surface area contributed by atoms with Crippen LogP contribution in [-0.4, -0.2) is 45.9 Å². The molecule has 0 bridgehead atoms. The second-order valence-corrected chi connectivity index (χ2v) is 12.1. The van der Waals surface area contributed by atoms with Crippen LogP contribution in [-0.2, 0) is 9.59 Å². The summed E-state index contributed by atoms with van der Waals surface area (Å²) in [7, 11) is 0. The standard InChI is InChI=1S/C26H43NO5/c1-15(4-9-23(30)27-14-24(31)32)19-7-8-20-18-6-5-16-12-17(28)10-11-25(16,2)21(18)13-22(29)26(19,20)3/h15-22,28-29H,4-14H2,1-3H3,(H,27,30)(H,31,32)/t15?,16?,17-,18?,19?,20?,21?,22+,25?,26?/m1/s1. The van der Waals surface area contributed by atoms with Gasteiger partial charge in [-0.2, -0.15) is 0 Å². The fourth-order valence-electron chi connectivity index (χ4n) is 8.98. The average molecular weight is 450 g/mol. The number of carbonyl (C=O) groups excluding carboxylic acids is 1. The molecule has 32 heavy (non-hydrogen) atoms. The molecular weight excluding hydrogens is 406 g/mol. The van der Waals surface area contributed by atoms with E-state index in [0.717, 1.165) is 44.9 Å². The van der Waals surface area contributed by atoms with Crippen LogP contribution in [0.3, 0.4) is 0 Å². The molecule has 1 amide bonds. The van der Waals surface area contributed by atoms with Gasteiger partial charge in [-0.05, 0) is 104 Å². The largest absolute Gasteiger partial charge is 0.480 e. The molecule has 0 heterocycles. The van der Waals surface area contributed by atoms with Crippen molar-refractivity contribution in [2.45, 2.75) is 97.2 Å². The van der Waals surface area contributed by atoms with E-state index in [0.29, 0.717) is 41.9 Å². The number of aliphatic hydroxyl groups excluding tert-OH is 2. The van der Waals surface area contributed by atoms with E-state index in [9.17, 15) is 19.8 Å². The van der Waals surface area contributed by atoms with Gasteiger partial charge >= 0.3 is 5.97 Å². The minimum atomic E-state index is -1.02. The van der Waals surface area contributed by atoms with E-state index in [1.54, 1.807) is 0 Å². The van der Waals surface area contributed by atoms with Crippen LogP contribution in [0.1, 0.15) is 85.0 Å². The lowest BCUT2D eigenvalue weighted by Crippen LogP contribution is -2.58. The van der Waals surface area contributed by atoms with E-state index in [1.165, 1.54) is 12.8 Å². The number of rotatable bonds is 6. The van der Waals surface area contributed by atoms with Crippen LogP contribution >= 0.6 is 0 Å². The van der Waals surface area contributed by atoms with Crippen LogP contribution in [0.25, 0.3) is 0 Å². The van der Waals surface area contributed by atoms with Gasteiger partial charge in [0.2, 0.25) is 5.91 Å². The predicted octanol–water partition coefficient (Wildman–Crippen LogP) is 3.59. The summed E-state index contributed by atoms with van der Waals surface area (Å²) in [6.07, 6.45) is 9.12. The molecule has 0 aromatic heterocycles. The summed E-state index contributed by atoms with van der Waals surface area (Å²) < 4.78 is 0. The Morgan fingerprint density at radius 1 is 1.03 bits per heavy atom. The van der Waals surface area contributed by atoms with E-state index < -0.39 is 5.97 Å². The zero-order valence-electron chi connectivity index (χ0n) is 20.1. The van der Waals surface area contributed by atoms with Crippen LogP contribution in [0.15, 0.2) is 0 Å². The Morgan fingerprint density at radius 3 is 2.50 bits per heavy atom.